The fraction of sp³-hybridized carbons (Fsp3) is 0.333. The number of rotatable bonds is 4. The van der Waals surface area contributed by atoms with E-state index in [9.17, 15) is 0 Å². The summed E-state index contributed by atoms with van der Waals surface area (Å²) in [5.41, 5.74) is 7.24. The number of aromatic nitrogens is 2. The monoisotopic (exact) mass is 278 g/mol. The average Bonchev–Trinajstić information content (AvgIpc) is 2.92. The van der Waals surface area contributed by atoms with Crippen LogP contribution in [-0.2, 0) is 7.05 Å². The number of thioether (sulfide) groups is 1. The molecule has 1 aromatic heterocycles. The van der Waals surface area contributed by atoms with Gasteiger partial charge in [-0.3, -0.25) is 5.41 Å². The topological polar surface area (TPSA) is 86.2 Å². The van der Waals surface area contributed by atoms with Crippen LogP contribution in [0.3, 0.4) is 0 Å². The van der Waals surface area contributed by atoms with Gasteiger partial charge >= 0.3 is 0 Å². The molecule has 0 fully saturated rings. The Morgan fingerprint density at radius 2 is 2.21 bits per heavy atom. The quantitative estimate of drug-likeness (QED) is 0.505. The summed E-state index contributed by atoms with van der Waals surface area (Å²) < 4.78 is 12.7. The Morgan fingerprint density at radius 3 is 2.95 bits per heavy atom. The van der Waals surface area contributed by atoms with E-state index in [2.05, 4.69) is 4.98 Å². The molecule has 0 saturated carbocycles. The van der Waals surface area contributed by atoms with Crippen LogP contribution in [0.25, 0.3) is 11.0 Å². The summed E-state index contributed by atoms with van der Waals surface area (Å²) in [7, 11) is 1.97. The number of hydrogen-bond acceptors (Lipinski definition) is 5. The van der Waals surface area contributed by atoms with Crippen LogP contribution in [0.15, 0.2) is 17.3 Å². The summed E-state index contributed by atoms with van der Waals surface area (Å²) in [6, 6.07) is 3.84. The first-order valence-electron chi connectivity index (χ1n) is 5.87. The Kier molecular flexibility index (Phi) is 2.98. The summed E-state index contributed by atoms with van der Waals surface area (Å²) in [5, 5.41) is 8.12. The van der Waals surface area contributed by atoms with Crippen molar-refractivity contribution in [1.82, 2.24) is 9.55 Å². The number of imidazole rings is 1. The molecule has 0 unspecified atom stereocenters. The van der Waals surface area contributed by atoms with Crippen molar-refractivity contribution in [3.05, 3.63) is 12.1 Å². The Labute approximate surface area is 114 Å². The molecule has 0 spiro atoms. The van der Waals surface area contributed by atoms with Crippen LogP contribution >= 0.6 is 11.8 Å². The normalized spacial score (nSPS) is 13.1. The predicted octanol–water partition coefficient (Wildman–Crippen LogP) is 1.72. The highest BCUT2D eigenvalue weighted by molar-refractivity contribution is 7.99. The molecule has 19 heavy (non-hydrogen) atoms. The van der Waals surface area contributed by atoms with Crippen molar-refractivity contribution < 1.29 is 9.47 Å². The second-order valence-corrected chi connectivity index (χ2v) is 5.33. The third kappa shape index (κ3) is 2.21. The van der Waals surface area contributed by atoms with Gasteiger partial charge in [-0.1, -0.05) is 11.8 Å². The standard InChI is InChI=1S/C12H14N4O2S/c1-16-8-5-10-9(17-6-18-10)4-7(8)15-12(16)19-3-2-11(13)14/h4-5H,2-3,6H2,1H3,(H3,13,14). The van der Waals surface area contributed by atoms with E-state index in [4.69, 9.17) is 20.6 Å². The molecule has 2 aromatic rings. The zero-order chi connectivity index (χ0) is 13.4. The molecular weight excluding hydrogens is 264 g/mol. The van der Waals surface area contributed by atoms with Crippen LogP contribution in [0.1, 0.15) is 6.42 Å². The van der Waals surface area contributed by atoms with E-state index in [1.165, 1.54) is 0 Å². The molecule has 6 nitrogen and oxygen atoms in total. The van der Waals surface area contributed by atoms with Crippen LogP contribution in [0.5, 0.6) is 11.5 Å². The third-order valence-corrected chi connectivity index (χ3v) is 3.97. The van der Waals surface area contributed by atoms with Gasteiger partial charge < -0.3 is 19.8 Å². The minimum atomic E-state index is 0.201. The number of amidine groups is 1. The van der Waals surface area contributed by atoms with Crippen molar-refractivity contribution in [2.45, 2.75) is 11.6 Å². The van der Waals surface area contributed by atoms with Gasteiger partial charge in [0.15, 0.2) is 16.7 Å². The molecule has 0 atom stereocenters. The molecule has 1 aliphatic heterocycles. The maximum absolute atomic E-state index is 7.21. The summed E-state index contributed by atoms with van der Waals surface area (Å²) in [6.07, 6.45) is 0.566. The number of nitrogens with two attached hydrogens (primary N) is 1. The van der Waals surface area contributed by atoms with Gasteiger partial charge in [-0.2, -0.15) is 0 Å². The maximum atomic E-state index is 7.21. The Morgan fingerprint density at radius 1 is 1.47 bits per heavy atom. The van der Waals surface area contributed by atoms with Crippen molar-refractivity contribution in [1.29, 1.82) is 5.41 Å². The number of fused-ring (bicyclic) bond motifs is 2. The SMILES string of the molecule is Cn1c(SCCC(=N)N)nc2cc3c(cc21)OCO3. The highest BCUT2D eigenvalue weighted by Crippen LogP contribution is 2.36. The Balaban J connectivity index is 1.90. The molecule has 0 aliphatic carbocycles. The number of hydrogen-bond donors (Lipinski definition) is 2. The van der Waals surface area contributed by atoms with Crippen molar-refractivity contribution in [2.24, 2.45) is 12.8 Å². The second kappa shape index (κ2) is 4.65. The summed E-state index contributed by atoms with van der Waals surface area (Å²) >= 11 is 1.59. The fourth-order valence-electron chi connectivity index (χ4n) is 1.94. The lowest BCUT2D eigenvalue weighted by molar-refractivity contribution is 0.174. The first kappa shape index (κ1) is 12.2. The van der Waals surface area contributed by atoms with E-state index in [1.54, 1.807) is 11.8 Å². The van der Waals surface area contributed by atoms with E-state index in [0.717, 1.165) is 33.4 Å². The van der Waals surface area contributed by atoms with Crippen molar-refractivity contribution in [2.75, 3.05) is 12.5 Å². The van der Waals surface area contributed by atoms with Crippen molar-refractivity contribution in [3.63, 3.8) is 0 Å². The van der Waals surface area contributed by atoms with Crippen LogP contribution < -0.4 is 15.2 Å². The minimum absolute atomic E-state index is 0.201. The molecule has 1 aromatic carbocycles. The van der Waals surface area contributed by atoms with Crippen molar-refractivity contribution in [3.8, 4) is 11.5 Å². The molecule has 3 rings (SSSR count). The number of ether oxygens (including phenoxy) is 2. The van der Waals surface area contributed by atoms with E-state index in [1.807, 2.05) is 23.7 Å². The highest BCUT2D eigenvalue weighted by atomic mass is 32.2. The van der Waals surface area contributed by atoms with Gasteiger partial charge in [-0.05, 0) is 0 Å². The summed E-state index contributed by atoms with van der Waals surface area (Å²) in [5.74, 6) is 2.45. The van der Waals surface area contributed by atoms with E-state index < -0.39 is 0 Å². The van der Waals surface area contributed by atoms with E-state index >= 15 is 0 Å². The van der Waals surface area contributed by atoms with Gasteiger partial charge in [-0.25, -0.2) is 4.98 Å². The lowest BCUT2D eigenvalue weighted by Crippen LogP contribution is -2.10. The number of nitrogens with zero attached hydrogens (tertiary/aromatic N) is 2. The van der Waals surface area contributed by atoms with E-state index in [-0.39, 0.29) is 12.6 Å². The van der Waals surface area contributed by atoms with Gasteiger partial charge in [0, 0.05) is 31.4 Å². The zero-order valence-electron chi connectivity index (χ0n) is 10.5. The van der Waals surface area contributed by atoms with Gasteiger partial charge in [0.05, 0.1) is 16.9 Å². The van der Waals surface area contributed by atoms with E-state index in [0.29, 0.717) is 6.42 Å². The lowest BCUT2D eigenvalue weighted by atomic mass is 10.3. The number of nitrogens with one attached hydrogen (secondary N) is 1. The largest absolute Gasteiger partial charge is 0.454 e. The minimum Gasteiger partial charge on any atom is -0.454 e. The van der Waals surface area contributed by atoms with Crippen LogP contribution in [0.2, 0.25) is 0 Å². The van der Waals surface area contributed by atoms with Gasteiger partial charge in [0.2, 0.25) is 6.79 Å². The zero-order valence-corrected chi connectivity index (χ0v) is 11.3. The first-order valence-corrected chi connectivity index (χ1v) is 6.85. The van der Waals surface area contributed by atoms with Crippen molar-refractivity contribution >= 4 is 28.6 Å². The number of benzene rings is 1. The Bertz CT molecular complexity index is 653. The molecule has 0 radical (unpaired) electrons. The fourth-order valence-corrected chi connectivity index (χ4v) is 2.90. The molecule has 2 heterocycles. The Hall–Kier alpha value is -1.89. The summed E-state index contributed by atoms with van der Waals surface area (Å²) in [6.45, 7) is 0.270. The first-order chi connectivity index (χ1) is 9.15. The third-order valence-electron chi connectivity index (χ3n) is 2.94. The highest BCUT2D eigenvalue weighted by Gasteiger charge is 2.18. The maximum Gasteiger partial charge on any atom is 0.231 e. The van der Waals surface area contributed by atoms with Gasteiger partial charge in [-0.15, -0.1) is 0 Å². The molecule has 100 valence electrons. The van der Waals surface area contributed by atoms with Crippen LogP contribution in [-0.4, -0.2) is 27.9 Å². The lowest BCUT2D eigenvalue weighted by Gasteiger charge is -2.01. The molecule has 0 amide bonds. The summed E-state index contributed by atoms with van der Waals surface area (Å²) in [4.78, 5) is 4.57. The molecular formula is C12H14N4O2S. The van der Waals surface area contributed by atoms with Gasteiger partial charge in [0.25, 0.3) is 0 Å². The van der Waals surface area contributed by atoms with Crippen LogP contribution in [0.4, 0.5) is 0 Å². The average molecular weight is 278 g/mol. The molecule has 0 bridgehead atoms. The van der Waals surface area contributed by atoms with Crippen LogP contribution in [0, 0.1) is 5.41 Å². The number of aryl methyl sites for hydroxylation is 1. The second-order valence-electron chi connectivity index (χ2n) is 4.27. The molecule has 1 aliphatic rings. The molecule has 3 N–H and O–H groups in total. The van der Waals surface area contributed by atoms with Gasteiger partial charge in [0.1, 0.15) is 0 Å². The molecule has 0 saturated heterocycles. The smallest absolute Gasteiger partial charge is 0.231 e. The predicted molar refractivity (Wildman–Crippen MR) is 74.1 cm³/mol. The molecule has 7 heteroatoms.